The van der Waals surface area contributed by atoms with Gasteiger partial charge in [0.1, 0.15) is 17.4 Å². The average molecular weight is 487 g/mol. The molecular weight excluding hydrogens is 462 g/mol. The van der Waals surface area contributed by atoms with Gasteiger partial charge in [-0.1, -0.05) is 13.0 Å². The van der Waals surface area contributed by atoms with Crippen molar-refractivity contribution in [2.45, 2.75) is 19.4 Å². The van der Waals surface area contributed by atoms with Gasteiger partial charge < -0.3 is 15.7 Å². The maximum Gasteiger partial charge on any atom is 0.255 e. The van der Waals surface area contributed by atoms with Crippen molar-refractivity contribution >= 4 is 16.8 Å². The predicted molar refractivity (Wildman–Crippen MR) is 134 cm³/mol. The van der Waals surface area contributed by atoms with Gasteiger partial charge in [0.05, 0.1) is 22.7 Å². The number of phenols is 1. The van der Waals surface area contributed by atoms with Crippen LogP contribution in [0.4, 0.5) is 8.78 Å². The third-order valence-corrected chi connectivity index (χ3v) is 6.02. The van der Waals surface area contributed by atoms with Crippen LogP contribution in [-0.4, -0.2) is 40.5 Å². The molecule has 0 bridgehead atoms. The van der Waals surface area contributed by atoms with E-state index >= 15 is 0 Å². The van der Waals surface area contributed by atoms with E-state index in [2.05, 4.69) is 4.98 Å². The lowest BCUT2D eigenvalue weighted by molar-refractivity contribution is 0.0788. The number of hydrogen-bond acceptors (Lipinski definition) is 5. The van der Waals surface area contributed by atoms with Crippen LogP contribution in [0.3, 0.4) is 0 Å². The van der Waals surface area contributed by atoms with Gasteiger partial charge in [-0.25, -0.2) is 8.78 Å². The molecule has 0 radical (unpaired) electrons. The van der Waals surface area contributed by atoms with E-state index in [0.717, 1.165) is 18.2 Å². The molecular formula is C28H24F2N4O2. The summed E-state index contributed by atoms with van der Waals surface area (Å²) in [5.41, 5.74) is 8.71. The number of fused-ring (bicyclic) bond motifs is 1. The summed E-state index contributed by atoms with van der Waals surface area (Å²) in [6.45, 7) is 2.21. The molecule has 0 aliphatic heterocycles. The summed E-state index contributed by atoms with van der Waals surface area (Å²) >= 11 is 0. The predicted octanol–water partition coefficient (Wildman–Crippen LogP) is 5.23. The van der Waals surface area contributed by atoms with Crippen molar-refractivity contribution in [2.75, 3.05) is 13.6 Å². The number of nitrogens with two attached hydrogens (primary N) is 1. The second kappa shape index (κ2) is 10.1. The van der Waals surface area contributed by atoms with Crippen molar-refractivity contribution < 1.29 is 18.7 Å². The van der Waals surface area contributed by atoms with Gasteiger partial charge in [-0.3, -0.25) is 9.78 Å². The minimum atomic E-state index is -0.776. The Bertz CT molecular complexity index is 1490. The maximum absolute atomic E-state index is 14.1. The fourth-order valence-corrected chi connectivity index (χ4v) is 4.13. The molecule has 1 heterocycles. The number of amides is 1. The smallest absolute Gasteiger partial charge is 0.255 e. The first-order valence-corrected chi connectivity index (χ1v) is 11.3. The topological polar surface area (TPSA) is 103 Å². The molecule has 0 aliphatic carbocycles. The molecule has 3 aromatic carbocycles. The number of benzene rings is 3. The maximum atomic E-state index is 14.1. The number of aromatic hydroxyl groups is 1. The molecule has 0 saturated carbocycles. The second-order valence-electron chi connectivity index (χ2n) is 8.67. The molecule has 0 spiro atoms. The van der Waals surface area contributed by atoms with Crippen LogP contribution in [0.5, 0.6) is 5.75 Å². The molecule has 36 heavy (non-hydrogen) atoms. The van der Waals surface area contributed by atoms with Gasteiger partial charge in [0.2, 0.25) is 0 Å². The SMILES string of the molecule is CC[C@H](N)CN(C)C(=O)c1c(-c2cc(F)cc(F)c2)cnc2ccc(-c3cc(O)cc(C#N)c3)cc12. The number of rotatable bonds is 6. The lowest BCUT2D eigenvalue weighted by atomic mass is 9.94. The Kier molecular flexibility index (Phi) is 6.95. The molecule has 4 aromatic rings. The van der Waals surface area contributed by atoms with Gasteiger partial charge in [-0.15, -0.1) is 0 Å². The highest BCUT2D eigenvalue weighted by atomic mass is 19.1. The quantitative estimate of drug-likeness (QED) is 0.388. The van der Waals surface area contributed by atoms with Crippen LogP contribution >= 0.6 is 0 Å². The number of nitrogens with zero attached hydrogens (tertiary/aromatic N) is 3. The van der Waals surface area contributed by atoms with Crippen LogP contribution in [0.1, 0.15) is 29.3 Å². The summed E-state index contributed by atoms with van der Waals surface area (Å²) in [6, 6.07) is 14.5. The summed E-state index contributed by atoms with van der Waals surface area (Å²) in [4.78, 5) is 19.7. The zero-order valence-electron chi connectivity index (χ0n) is 19.8. The highest BCUT2D eigenvalue weighted by Gasteiger charge is 2.23. The molecule has 182 valence electrons. The van der Waals surface area contributed by atoms with Crippen LogP contribution in [0.15, 0.2) is 60.8 Å². The first-order chi connectivity index (χ1) is 17.2. The molecule has 4 rings (SSSR count). The highest BCUT2D eigenvalue weighted by Crippen LogP contribution is 2.34. The van der Waals surface area contributed by atoms with Gasteiger partial charge in [-0.2, -0.15) is 5.26 Å². The fourth-order valence-electron chi connectivity index (χ4n) is 4.13. The molecule has 1 atom stereocenters. The van der Waals surface area contributed by atoms with E-state index in [4.69, 9.17) is 5.73 Å². The Hall–Kier alpha value is -4.35. The summed E-state index contributed by atoms with van der Waals surface area (Å²) in [5.74, 6) is -2.00. The van der Waals surface area contributed by atoms with Gasteiger partial charge in [0.15, 0.2) is 0 Å². The van der Waals surface area contributed by atoms with Crippen molar-refractivity contribution in [2.24, 2.45) is 5.73 Å². The fraction of sp³-hybridized carbons (Fsp3) is 0.179. The van der Waals surface area contributed by atoms with Crippen LogP contribution < -0.4 is 5.73 Å². The minimum Gasteiger partial charge on any atom is -0.508 e. The Balaban J connectivity index is 1.98. The summed E-state index contributed by atoms with van der Waals surface area (Å²) in [7, 11) is 1.62. The molecule has 0 fully saturated rings. The lowest BCUT2D eigenvalue weighted by Crippen LogP contribution is -2.38. The summed E-state index contributed by atoms with van der Waals surface area (Å²) in [6.07, 6.45) is 2.10. The Morgan fingerprint density at radius 2 is 1.81 bits per heavy atom. The second-order valence-corrected chi connectivity index (χ2v) is 8.67. The van der Waals surface area contributed by atoms with Crippen LogP contribution in [0, 0.1) is 23.0 Å². The zero-order chi connectivity index (χ0) is 26.0. The van der Waals surface area contributed by atoms with Crippen LogP contribution in [-0.2, 0) is 0 Å². The van der Waals surface area contributed by atoms with Gasteiger partial charge >= 0.3 is 0 Å². The third-order valence-electron chi connectivity index (χ3n) is 6.02. The van der Waals surface area contributed by atoms with Crippen molar-refractivity contribution in [3.63, 3.8) is 0 Å². The monoisotopic (exact) mass is 486 g/mol. The van der Waals surface area contributed by atoms with E-state index in [0.29, 0.717) is 28.5 Å². The number of nitriles is 1. The van der Waals surface area contributed by atoms with Crippen molar-refractivity contribution in [3.05, 3.63) is 83.6 Å². The number of likely N-dealkylation sites (N-methyl/N-ethyl adjacent to an activating group) is 1. The highest BCUT2D eigenvalue weighted by molar-refractivity contribution is 6.12. The van der Waals surface area contributed by atoms with E-state index < -0.39 is 11.6 Å². The Labute approximate surface area is 207 Å². The molecule has 1 aromatic heterocycles. The van der Waals surface area contributed by atoms with E-state index in [-0.39, 0.29) is 46.5 Å². The molecule has 0 unspecified atom stereocenters. The van der Waals surface area contributed by atoms with E-state index in [1.807, 2.05) is 13.0 Å². The van der Waals surface area contributed by atoms with Crippen molar-refractivity contribution in [1.29, 1.82) is 5.26 Å². The van der Waals surface area contributed by atoms with Crippen molar-refractivity contribution in [3.8, 4) is 34.1 Å². The number of carbonyl (C=O) groups is 1. The molecule has 3 N–H and O–H groups in total. The normalized spacial score (nSPS) is 11.8. The number of aromatic nitrogens is 1. The van der Waals surface area contributed by atoms with Crippen LogP contribution in [0.2, 0.25) is 0 Å². The minimum absolute atomic E-state index is 0.0733. The average Bonchev–Trinajstić information content (AvgIpc) is 2.86. The van der Waals surface area contributed by atoms with Crippen LogP contribution in [0.25, 0.3) is 33.2 Å². The third kappa shape index (κ3) is 5.02. The van der Waals surface area contributed by atoms with Gasteiger partial charge in [0.25, 0.3) is 5.91 Å². The Morgan fingerprint density at radius 3 is 2.47 bits per heavy atom. The van der Waals surface area contributed by atoms with E-state index in [1.54, 1.807) is 31.3 Å². The largest absolute Gasteiger partial charge is 0.508 e. The number of phenolic OH excluding ortho intramolecular Hbond substituents is 1. The van der Waals surface area contributed by atoms with Crippen molar-refractivity contribution in [1.82, 2.24) is 9.88 Å². The number of halogens is 2. The van der Waals surface area contributed by atoms with E-state index in [9.17, 15) is 23.9 Å². The summed E-state index contributed by atoms with van der Waals surface area (Å²) in [5, 5.41) is 19.8. The van der Waals surface area contributed by atoms with Gasteiger partial charge in [-0.05, 0) is 65.6 Å². The standard InChI is InChI=1S/C28H24F2N4O2/c1-3-22(32)15-34(2)28(36)27-24-11-17(18-6-16(13-31)7-23(35)10-18)4-5-26(24)33-14-25(27)19-8-20(29)12-21(30)9-19/h4-12,14,22,35H,3,15,32H2,1-2H3/t22-/m0/s1. The Morgan fingerprint density at radius 1 is 1.08 bits per heavy atom. The van der Waals surface area contributed by atoms with Gasteiger partial charge in [0, 0.05) is 42.8 Å². The first-order valence-electron chi connectivity index (χ1n) is 11.3. The number of hydrogen-bond donors (Lipinski definition) is 2. The lowest BCUT2D eigenvalue weighted by Gasteiger charge is -2.23. The molecule has 8 heteroatoms. The van der Waals surface area contributed by atoms with E-state index in [1.165, 1.54) is 23.2 Å². The molecule has 1 amide bonds. The molecule has 6 nitrogen and oxygen atoms in total. The summed E-state index contributed by atoms with van der Waals surface area (Å²) < 4.78 is 28.2. The number of pyridine rings is 1. The molecule has 0 saturated heterocycles. The molecule has 0 aliphatic rings. The zero-order valence-corrected chi connectivity index (χ0v) is 19.8. The first kappa shape index (κ1) is 24.8. The number of carbonyl (C=O) groups excluding carboxylic acids is 1.